The minimum atomic E-state index is -4.79. The number of rotatable bonds is 3. The van der Waals surface area contributed by atoms with Gasteiger partial charge in [-0.1, -0.05) is 47.0 Å². The van der Waals surface area contributed by atoms with Gasteiger partial charge in [-0.15, -0.1) is 0 Å². The van der Waals surface area contributed by atoms with Gasteiger partial charge >= 0.3 is 6.18 Å². The van der Waals surface area contributed by atoms with Gasteiger partial charge in [-0.3, -0.25) is 15.7 Å². The van der Waals surface area contributed by atoms with E-state index in [2.05, 4.69) is 15.9 Å². The number of hydrogen-bond donors (Lipinski definition) is 3. The van der Waals surface area contributed by atoms with E-state index < -0.39 is 18.3 Å². The Morgan fingerprint density at radius 1 is 1.18 bits per heavy atom. The first-order valence-corrected chi connectivity index (χ1v) is 9.05. The Hall–Kier alpha value is -1.71. The van der Waals surface area contributed by atoms with Gasteiger partial charge in [0.25, 0.3) is 0 Å². The van der Waals surface area contributed by atoms with Crippen LogP contribution in [-0.4, -0.2) is 18.6 Å². The van der Waals surface area contributed by atoms with Crippen LogP contribution < -0.4 is 16.7 Å². The van der Waals surface area contributed by atoms with Gasteiger partial charge in [-0.25, -0.2) is 5.48 Å². The maximum atomic E-state index is 13.9. The summed E-state index contributed by atoms with van der Waals surface area (Å²) in [5.74, 6) is 5.53. The van der Waals surface area contributed by atoms with E-state index in [1.807, 2.05) is 0 Å². The molecule has 1 atom stereocenters. The van der Waals surface area contributed by atoms with Gasteiger partial charge in [-0.2, -0.15) is 13.2 Å². The highest BCUT2D eigenvalue weighted by atomic mass is 35.5. The Morgan fingerprint density at radius 3 is 2.39 bits per heavy atom. The minimum absolute atomic E-state index is 0.0531. The van der Waals surface area contributed by atoms with Gasteiger partial charge in [0.1, 0.15) is 0 Å². The lowest BCUT2D eigenvalue weighted by Crippen LogP contribution is -2.54. The van der Waals surface area contributed by atoms with Crippen molar-refractivity contribution >= 4 is 40.6 Å². The van der Waals surface area contributed by atoms with Crippen LogP contribution in [0.3, 0.4) is 0 Å². The second-order valence-corrected chi connectivity index (χ2v) is 7.35. The second kappa shape index (κ2) is 7.96. The van der Waals surface area contributed by atoms with Crippen LogP contribution in [0.4, 0.5) is 13.2 Å². The zero-order chi connectivity index (χ0) is 20.5. The normalized spacial score (nSPS) is 23.0. The predicted molar refractivity (Wildman–Crippen MR) is 103 cm³/mol. The molecule has 1 aromatic carbocycles. The van der Waals surface area contributed by atoms with Gasteiger partial charge in [-0.05, 0) is 24.3 Å². The molecule has 1 heterocycles. The molecule has 1 aliphatic carbocycles. The van der Waals surface area contributed by atoms with Gasteiger partial charge in [0.05, 0.1) is 12.2 Å². The van der Waals surface area contributed by atoms with Crippen molar-refractivity contribution in [3.05, 3.63) is 68.3 Å². The first-order valence-electron chi connectivity index (χ1n) is 7.92. The van der Waals surface area contributed by atoms with E-state index in [0.29, 0.717) is 22.7 Å². The van der Waals surface area contributed by atoms with Crippen LogP contribution in [0.5, 0.6) is 0 Å². The van der Waals surface area contributed by atoms with E-state index in [1.54, 1.807) is 18.2 Å². The topological polar surface area (TPSA) is 71.7 Å². The van der Waals surface area contributed by atoms with E-state index >= 15 is 0 Å². The molecule has 11 heteroatoms. The van der Waals surface area contributed by atoms with Gasteiger partial charge < -0.3 is 5.43 Å². The Morgan fingerprint density at radius 2 is 1.86 bits per heavy atom. The fourth-order valence-electron chi connectivity index (χ4n) is 2.74. The summed E-state index contributed by atoms with van der Waals surface area (Å²) in [7, 11) is 0. The van der Waals surface area contributed by atoms with Crippen LogP contribution >= 0.6 is 34.8 Å². The third-order valence-electron chi connectivity index (χ3n) is 4.18. The van der Waals surface area contributed by atoms with Crippen LogP contribution in [0.1, 0.15) is 12.0 Å². The third kappa shape index (κ3) is 4.01. The zero-order valence-corrected chi connectivity index (χ0v) is 16.3. The second-order valence-electron chi connectivity index (χ2n) is 6.02. The molecule has 2 aliphatic rings. The number of hydroxylamine groups is 1. The van der Waals surface area contributed by atoms with Gasteiger partial charge in [0.15, 0.2) is 5.84 Å². The lowest BCUT2D eigenvalue weighted by Gasteiger charge is -2.37. The molecule has 1 aliphatic heterocycles. The SMILES string of the molecule is NNC1=C(Cl)CC=CC(C2=NCC(c3cc(Cl)cc(Cl)c3)(C(F)(F)F)ON2)=C1. The van der Waals surface area contributed by atoms with Gasteiger partial charge in [0.2, 0.25) is 5.60 Å². The van der Waals surface area contributed by atoms with Crippen molar-refractivity contribution in [3.8, 4) is 0 Å². The zero-order valence-electron chi connectivity index (χ0n) is 14.1. The first-order chi connectivity index (χ1) is 13.2. The van der Waals surface area contributed by atoms with Crippen molar-refractivity contribution in [2.75, 3.05) is 6.54 Å². The molecule has 0 saturated heterocycles. The summed E-state index contributed by atoms with van der Waals surface area (Å²) in [6, 6.07) is 3.62. The van der Waals surface area contributed by atoms with Crippen molar-refractivity contribution in [2.24, 2.45) is 10.8 Å². The molecule has 1 unspecified atom stereocenters. The Balaban J connectivity index is 2.00. The molecule has 3 rings (SSSR count). The van der Waals surface area contributed by atoms with E-state index in [0.717, 1.165) is 12.1 Å². The van der Waals surface area contributed by atoms with Crippen molar-refractivity contribution in [2.45, 2.75) is 18.2 Å². The molecule has 0 spiro atoms. The number of halogens is 6. The van der Waals surface area contributed by atoms with E-state index in [-0.39, 0.29) is 21.4 Å². The summed E-state index contributed by atoms with van der Waals surface area (Å²) in [6.07, 6.45) is 0.550. The summed E-state index contributed by atoms with van der Waals surface area (Å²) in [5.41, 5.74) is 2.60. The summed E-state index contributed by atoms with van der Waals surface area (Å²) >= 11 is 17.8. The Labute approximate surface area is 173 Å². The van der Waals surface area contributed by atoms with Crippen LogP contribution in [0.15, 0.2) is 57.7 Å². The van der Waals surface area contributed by atoms with E-state index in [9.17, 15) is 13.2 Å². The van der Waals surface area contributed by atoms with Crippen molar-refractivity contribution < 1.29 is 18.0 Å². The number of alkyl halides is 3. The maximum Gasteiger partial charge on any atom is 0.426 e. The number of amidine groups is 1. The van der Waals surface area contributed by atoms with Gasteiger partial charge in [0, 0.05) is 32.6 Å². The van der Waals surface area contributed by atoms with Crippen LogP contribution in [-0.2, 0) is 10.4 Å². The number of nitrogens with two attached hydrogens (primary N) is 1. The Kier molecular flexibility index (Phi) is 5.97. The average Bonchev–Trinajstić information content (AvgIpc) is 2.81. The molecule has 5 nitrogen and oxygen atoms in total. The molecule has 0 aromatic heterocycles. The van der Waals surface area contributed by atoms with Crippen molar-refractivity contribution in [3.63, 3.8) is 0 Å². The summed E-state index contributed by atoms with van der Waals surface area (Å²) in [5, 5.41) is 0.555. The van der Waals surface area contributed by atoms with Crippen molar-refractivity contribution in [1.29, 1.82) is 0 Å². The van der Waals surface area contributed by atoms with E-state index in [1.165, 1.54) is 6.07 Å². The number of hydrazine groups is 1. The predicted octanol–water partition coefficient (Wildman–Crippen LogP) is 4.48. The highest BCUT2D eigenvalue weighted by molar-refractivity contribution is 6.34. The number of nitrogens with one attached hydrogen (secondary N) is 2. The standard InChI is InChI=1S/C17H14Cl3F3N4O/c18-11-5-10(6-12(19)7-11)16(17(21,22)23)8-25-15(27-28-16)9-2-1-3-13(20)14(4-9)26-24/h1-2,4-7,26H,3,8,24H2,(H,25,27). The highest BCUT2D eigenvalue weighted by Gasteiger charge is 2.60. The summed E-state index contributed by atoms with van der Waals surface area (Å²) in [4.78, 5) is 9.19. The molecular weight excluding hydrogens is 440 g/mol. The molecule has 0 fully saturated rings. The van der Waals surface area contributed by atoms with Crippen LogP contribution in [0.2, 0.25) is 10.0 Å². The molecule has 0 saturated carbocycles. The monoisotopic (exact) mass is 452 g/mol. The molecule has 4 N–H and O–H groups in total. The summed E-state index contributed by atoms with van der Waals surface area (Å²) < 4.78 is 41.8. The van der Waals surface area contributed by atoms with E-state index in [4.69, 9.17) is 45.5 Å². The smallest absolute Gasteiger partial charge is 0.323 e. The van der Waals surface area contributed by atoms with Crippen molar-refractivity contribution in [1.82, 2.24) is 10.9 Å². The molecular formula is C17H14Cl3F3N4O. The molecule has 28 heavy (non-hydrogen) atoms. The lowest BCUT2D eigenvalue weighted by molar-refractivity contribution is -0.295. The highest BCUT2D eigenvalue weighted by Crippen LogP contribution is 2.44. The Bertz CT molecular complexity index is 891. The van der Waals surface area contributed by atoms with Crippen LogP contribution in [0, 0.1) is 0 Å². The summed E-state index contributed by atoms with van der Waals surface area (Å²) in [6.45, 7) is -0.733. The molecule has 0 radical (unpaired) electrons. The fraction of sp³-hybridized carbons (Fsp3) is 0.235. The maximum absolute atomic E-state index is 13.9. The molecule has 0 bridgehead atoms. The molecule has 0 amide bonds. The molecule has 1 aromatic rings. The minimum Gasteiger partial charge on any atom is -0.323 e. The molecule has 150 valence electrons. The number of aliphatic imine (C=N–C) groups is 1. The average molecular weight is 454 g/mol. The number of allylic oxidation sites excluding steroid dienone is 3. The quantitative estimate of drug-likeness (QED) is 0.466. The lowest BCUT2D eigenvalue weighted by atomic mass is 9.92. The first kappa shape index (κ1) is 21.0. The fourth-order valence-corrected chi connectivity index (χ4v) is 3.46. The largest absolute Gasteiger partial charge is 0.426 e. The number of hydrogen-bond acceptors (Lipinski definition) is 5. The number of benzene rings is 1. The number of nitrogens with zero attached hydrogens (tertiary/aromatic N) is 1. The van der Waals surface area contributed by atoms with Crippen LogP contribution in [0.25, 0.3) is 0 Å². The third-order valence-corrected chi connectivity index (χ3v) is 4.98.